The molecule has 0 saturated heterocycles. The smallest absolute Gasteiger partial charge is 0.223 e. The highest BCUT2D eigenvalue weighted by Gasteiger charge is 2.19. The summed E-state index contributed by atoms with van der Waals surface area (Å²) in [5.74, 6) is 1.45. The quantitative estimate of drug-likeness (QED) is 0.790. The first-order valence-electron chi connectivity index (χ1n) is 5.73. The molecule has 0 saturated carbocycles. The zero-order valence-electron chi connectivity index (χ0n) is 9.64. The third-order valence-electron chi connectivity index (χ3n) is 3.01. The van der Waals surface area contributed by atoms with Crippen molar-refractivity contribution in [2.24, 2.45) is 0 Å². The monoisotopic (exact) mass is 231 g/mol. The largest absolute Gasteiger partial charge is 0.346 e. The van der Waals surface area contributed by atoms with Crippen molar-refractivity contribution in [3.8, 4) is 0 Å². The van der Waals surface area contributed by atoms with E-state index in [2.05, 4.69) is 10.1 Å². The molecule has 5 heteroatoms. The lowest BCUT2D eigenvalue weighted by molar-refractivity contribution is 0.0973. The van der Waals surface area contributed by atoms with E-state index in [0.29, 0.717) is 24.7 Å². The van der Waals surface area contributed by atoms with Crippen LogP contribution in [0.15, 0.2) is 16.9 Å². The fourth-order valence-corrected chi connectivity index (χ4v) is 2.24. The molecule has 0 N–H and O–H groups in total. The molecular weight excluding hydrogens is 218 g/mol. The first-order valence-corrected chi connectivity index (χ1v) is 5.73. The van der Waals surface area contributed by atoms with Crippen LogP contribution in [0.2, 0.25) is 0 Å². The van der Waals surface area contributed by atoms with Gasteiger partial charge in [0.05, 0.1) is 6.54 Å². The van der Waals surface area contributed by atoms with E-state index in [-0.39, 0.29) is 5.78 Å². The van der Waals surface area contributed by atoms with E-state index in [4.69, 9.17) is 4.52 Å². The fraction of sp³-hybridized carbons (Fsp3) is 0.417. The molecule has 2 aromatic heterocycles. The van der Waals surface area contributed by atoms with Gasteiger partial charge in [0.1, 0.15) is 0 Å². The number of Topliss-reactive ketones (excluding diaryl/α,β-unsaturated/α-hetero) is 1. The predicted octanol–water partition coefficient (Wildman–Crippen LogP) is 1.75. The van der Waals surface area contributed by atoms with Gasteiger partial charge in [-0.15, -0.1) is 0 Å². The molecule has 0 fully saturated rings. The zero-order chi connectivity index (χ0) is 11.8. The lowest BCUT2D eigenvalue weighted by atomic mass is 9.95. The summed E-state index contributed by atoms with van der Waals surface area (Å²) < 4.78 is 6.88. The maximum atomic E-state index is 11.7. The van der Waals surface area contributed by atoms with Crippen molar-refractivity contribution in [3.05, 3.63) is 35.2 Å². The SMILES string of the molecule is Cc1nc(Cn2cc3c(c2)C(=O)CCC3)no1. The maximum absolute atomic E-state index is 11.7. The highest BCUT2D eigenvalue weighted by Crippen LogP contribution is 2.22. The first-order chi connectivity index (χ1) is 8.22. The van der Waals surface area contributed by atoms with E-state index in [1.165, 1.54) is 0 Å². The molecule has 17 heavy (non-hydrogen) atoms. The van der Waals surface area contributed by atoms with Crippen molar-refractivity contribution in [2.75, 3.05) is 0 Å². The molecule has 2 heterocycles. The Bertz CT molecular complexity index is 568. The third kappa shape index (κ3) is 1.88. The van der Waals surface area contributed by atoms with Gasteiger partial charge in [-0.25, -0.2) is 0 Å². The summed E-state index contributed by atoms with van der Waals surface area (Å²) in [5, 5.41) is 3.84. The van der Waals surface area contributed by atoms with Gasteiger partial charge in [0, 0.05) is 31.3 Å². The van der Waals surface area contributed by atoms with Gasteiger partial charge < -0.3 is 9.09 Å². The van der Waals surface area contributed by atoms with E-state index < -0.39 is 0 Å². The highest BCUT2D eigenvalue weighted by molar-refractivity contribution is 5.98. The van der Waals surface area contributed by atoms with Gasteiger partial charge in [-0.3, -0.25) is 4.79 Å². The Balaban J connectivity index is 1.87. The number of rotatable bonds is 2. The molecular formula is C12H13N3O2. The minimum atomic E-state index is 0.245. The van der Waals surface area contributed by atoms with E-state index in [9.17, 15) is 4.79 Å². The molecule has 0 radical (unpaired) electrons. The second kappa shape index (κ2) is 3.84. The summed E-state index contributed by atoms with van der Waals surface area (Å²) in [4.78, 5) is 15.8. The molecule has 5 nitrogen and oxygen atoms in total. The zero-order valence-corrected chi connectivity index (χ0v) is 9.64. The van der Waals surface area contributed by atoms with Gasteiger partial charge in [-0.2, -0.15) is 4.98 Å². The summed E-state index contributed by atoms with van der Waals surface area (Å²) in [6.45, 7) is 2.32. The van der Waals surface area contributed by atoms with E-state index in [1.54, 1.807) is 6.92 Å². The Kier molecular flexibility index (Phi) is 2.31. The second-order valence-electron chi connectivity index (χ2n) is 4.38. The minimum Gasteiger partial charge on any atom is -0.346 e. The summed E-state index contributed by atoms with van der Waals surface area (Å²) in [6, 6.07) is 0. The van der Waals surface area contributed by atoms with Crippen LogP contribution in [0.4, 0.5) is 0 Å². The molecule has 1 aliphatic rings. The van der Waals surface area contributed by atoms with Gasteiger partial charge in [-0.05, 0) is 18.4 Å². The molecule has 2 aromatic rings. The number of carbonyl (C=O) groups excluding carboxylic acids is 1. The maximum Gasteiger partial charge on any atom is 0.223 e. The molecule has 0 spiro atoms. The van der Waals surface area contributed by atoms with Crippen LogP contribution in [0.25, 0.3) is 0 Å². The van der Waals surface area contributed by atoms with Crippen LogP contribution in [-0.4, -0.2) is 20.5 Å². The van der Waals surface area contributed by atoms with Crippen LogP contribution < -0.4 is 0 Å². The van der Waals surface area contributed by atoms with Gasteiger partial charge >= 0.3 is 0 Å². The van der Waals surface area contributed by atoms with Gasteiger partial charge in [0.25, 0.3) is 0 Å². The van der Waals surface area contributed by atoms with Crippen LogP contribution in [-0.2, 0) is 13.0 Å². The Labute approximate surface area is 98.4 Å². The summed E-state index contributed by atoms with van der Waals surface area (Å²) in [7, 11) is 0. The van der Waals surface area contributed by atoms with Crippen LogP contribution in [0.3, 0.4) is 0 Å². The lowest BCUT2D eigenvalue weighted by Crippen LogP contribution is -2.07. The number of hydrogen-bond acceptors (Lipinski definition) is 4. The molecule has 0 atom stereocenters. The first kappa shape index (κ1) is 10.3. The third-order valence-corrected chi connectivity index (χ3v) is 3.01. The van der Waals surface area contributed by atoms with E-state index in [1.807, 2.05) is 17.0 Å². The average molecular weight is 231 g/mol. The summed E-state index contributed by atoms with van der Waals surface area (Å²) in [5.41, 5.74) is 2.00. The van der Waals surface area contributed by atoms with Crippen molar-refractivity contribution in [2.45, 2.75) is 32.7 Å². The molecule has 0 aromatic carbocycles. The summed E-state index contributed by atoms with van der Waals surface area (Å²) in [6.07, 6.45) is 6.51. The molecule has 0 amide bonds. The normalized spacial score (nSPS) is 15.0. The number of ketones is 1. The Hall–Kier alpha value is -1.91. The number of aryl methyl sites for hydroxylation is 2. The predicted molar refractivity (Wildman–Crippen MR) is 59.8 cm³/mol. The molecule has 88 valence electrons. The Morgan fingerprint density at radius 3 is 3.00 bits per heavy atom. The number of carbonyl (C=O) groups is 1. The number of nitrogens with zero attached hydrogens (tertiary/aromatic N) is 3. The topological polar surface area (TPSA) is 60.9 Å². The molecule has 0 aliphatic heterocycles. The standard InChI is InChI=1S/C12H13N3O2/c1-8-13-12(14-17-8)7-15-5-9-3-2-4-11(16)10(9)6-15/h5-6H,2-4,7H2,1H3. The molecule has 3 rings (SSSR count). The number of hydrogen-bond donors (Lipinski definition) is 0. The van der Waals surface area contributed by atoms with Gasteiger partial charge in [0.2, 0.25) is 5.89 Å². The van der Waals surface area contributed by atoms with E-state index >= 15 is 0 Å². The molecule has 0 unspecified atom stereocenters. The van der Waals surface area contributed by atoms with E-state index in [0.717, 1.165) is 24.0 Å². The van der Waals surface area contributed by atoms with Crippen LogP contribution >= 0.6 is 0 Å². The van der Waals surface area contributed by atoms with Crippen LogP contribution in [0.5, 0.6) is 0 Å². The Morgan fingerprint density at radius 1 is 1.41 bits per heavy atom. The molecule has 1 aliphatic carbocycles. The average Bonchev–Trinajstić information content (AvgIpc) is 2.86. The van der Waals surface area contributed by atoms with Gasteiger partial charge in [-0.1, -0.05) is 5.16 Å². The summed E-state index contributed by atoms with van der Waals surface area (Å²) >= 11 is 0. The minimum absolute atomic E-state index is 0.245. The van der Waals surface area contributed by atoms with Crippen molar-refractivity contribution < 1.29 is 9.32 Å². The van der Waals surface area contributed by atoms with Gasteiger partial charge in [0.15, 0.2) is 11.6 Å². The second-order valence-corrected chi connectivity index (χ2v) is 4.38. The lowest BCUT2D eigenvalue weighted by Gasteiger charge is -2.07. The number of fused-ring (bicyclic) bond motifs is 1. The van der Waals surface area contributed by atoms with Crippen molar-refractivity contribution in [1.82, 2.24) is 14.7 Å². The van der Waals surface area contributed by atoms with Crippen molar-refractivity contribution >= 4 is 5.78 Å². The number of aromatic nitrogens is 3. The molecule has 0 bridgehead atoms. The van der Waals surface area contributed by atoms with Crippen LogP contribution in [0.1, 0.15) is 40.5 Å². The highest BCUT2D eigenvalue weighted by atomic mass is 16.5. The van der Waals surface area contributed by atoms with Crippen LogP contribution in [0, 0.1) is 6.92 Å². The van der Waals surface area contributed by atoms with Crippen molar-refractivity contribution in [3.63, 3.8) is 0 Å². The Morgan fingerprint density at radius 2 is 2.29 bits per heavy atom. The fourth-order valence-electron chi connectivity index (χ4n) is 2.24. The van der Waals surface area contributed by atoms with Crippen molar-refractivity contribution in [1.29, 1.82) is 0 Å².